The van der Waals surface area contributed by atoms with Gasteiger partial charge in [-0.3, -0.25) is 15.0 Å². The molecule has 5 aromatic heterocycles. The molecule has 0 saturated heterocycles. The van der Waals surface area contributed by atoms with Crippen molar-refractivity contribution in [3.8, 4) is 46.4 Å². The van der Waals surface area contributed by atoms with Gasteiger partial charge >= 0.3 is 0 Å². The third-order valence-corrected chi connectivity index (χ3v) is 11.6. The molecule has 5 aromatic carbocycles. The molecule has 0 N–H and O–H groups in total. The molecule has 0 amide bonds. The molecular formula is C48H25N7O. The minimum atomic E-state index is -0.879. The Hall–Kier alpha value is -8.07. The molecule has 0 unspecified atom stereocenters. The molecule has 0 radical (unpaired) electrons. The summed E-state index contributed by atoms with van der Waals surface area (Å²) < 4.78 is 11.6. The van der Waals surface area contributed by atoms with Crippen molar-refractivity contribution in [3.63, 3.8) is 0 Å². The van der Waals surface area contributed by atoms with Gasteiger partial charge in [0.15, 0.2) is 0 Å². The highest BCUT2D eigenvalue weighted by Crippen LogP contribution is 2.63. The third-order valence-electron chi connectivity index (χ3n) is 11.6. The van der Waals surface area contributed by atoms with Gasteiger partial charge in [-0.2, -0.15) is 10.5 Å². The van der Waals surface area contributed by atoms with E-state index in [0.717, 1.165) is 94.4 Å². The van der Waals surface area contributed by atoms with Crippen LogP contribution in [0.15, 0.2) is 152 Å². The first-order valence-corrected chi connectivity index (χ1v) is 18.3. The number of fused-ring (bicyclic) bond motifs is 15. The van der Waals surface area contributed by atoms with Gasteiger partial charge in [0.25, 0.3) is 0 Å². The van der Waals surface area contributed by atoms with Crippen molar-refractivity contribution in [1.29, 1.82) is 10.5 Å². The van der Waals surface area contributed by atoms with Gasteiger partial charge in [0.2, 0.25) is 0 Å². The summed E-state index contributed by atoms with van der Waals surface area (Å²) in [5, 5.41) is 23.9. The molecule has 8 heteroatoms. The largest absolute Gasteiger partial charge is 0.457 e. The van der Waals surface area contributed by atoms with Gasteiger partial charge in [0.1, 0.15) is 11.5 Å². The number of rotatable bonds is 2. The maximum absolute atomic E-state index is 9.91. The number of nitrogens with zero attached hydrogens (tertiary/aromatic N) is 7. The zero-order valence-corrected chi connectivity index (χ0v) is 29.5. The summed E-state index contributed by atoms with van der Waals surface area (Å²) in [7, 11) is 0. The van der Waals surface area contributed by atoms with E-state index in [1.165, 1.54) is 0 Å². The quantitative estimate of drug-likeness (QED) is 0.176. The van der Waals surface area contributed by atoms with Crippen molar-refractivity contribution in [2.75, 3.05) is 0 Å². The Kier molecular flexibility index (Phi) is 5.96. The first kappa shape index (κ1) is 30.4. The summed E-state index contributed by atoms with van der Waals surface area (Å²) in [5.74, 6) is 1.44. The van der Waals surface area contributed by atoms with E-state index in [-0.39, 0.29) is 0 Å². The van der Waals surface area contributed by atoms with Gasteiger partial charge in [0.05, 0.1) is 74.0 Å². The zero-order valence-electron chi connectivity index (χ0n) is 29.5. The lowest BCUT2D eigenvalue weighted by atomic mass is 9.65. The zero-order chi connectivity index (χ0) is 37.1. The molecule has 258 valence electrons. The van der Waals surface area contributed by atoms with Gasteiger partial charge in [-0.1, -0.05) is 42.5 Å². The van der Waals surface area contributed by atoms with Crippen LogP contribution in [0.2, 0.25) is 0 Å². The van der Waals surface area contributed by atoms with E-state index in [4.69, 9.17) is 14.7 Å². The Morgan fingerprint density at radius 2 is 1.20 bits per heavy atom. The highest BCUT2D eigenvalue weighted by Gasteiger charge is 2.54. The number of nitriles is 2. The summed E-state index contributed by atoms with van der Waals surface area (Å²) in [4.78, 5) is 14.5. The Morgan fingerprint density at radius 3 is 1.91 bits per heavy atom. The summed E-state index contributed by atoms with van der Waals surface area (Å²) in [6.07, 6.45) is 7.42. The van der Waals surface area contributed by atoms with Gasteiger partial charge < -0.3 is 13.9 Å². The molecule has 0 saturated carbocycles. The van der Waals surface area contributed by atoms with Gasteiger partial charge in [0, 0.05) is 63.0 Å². The number of ether oxygens (including phenoxy) is 1. The molecule has 0 atom stereocenters. The van der Waals surface area contributed by atoms with Crippen LogP contribution < -0.4 is 4.74 Å². The molecule has 1 spiro atoms. The van der Waals surface area contributed by atoms with E-state index in [2.05, 4.69) is 93.0 Å². The minimum absolute atomic E-state index is 0.549. The maximum Gasteiger partial charge on any atom is 0.134 e. The Morgan fingerprint density at radius 1 is 0.518 bits per heavy atom. The predicted octanol–water partition coefficient (Wildman–Crippen LogP) is 10.3. The van der Waals surface area contributed by atoms with Crippen LogP contribution in [-0.2, 0) is 5.41 Å². The summed E-state index contributed by atoms with van der Waals surface area (Å²) >= 11 is 0. The van der Waals surface area contributed by atoms with E-state index in [1.807, 2.05) is 85.5 Å². The monoisotopic (exact) mass is 715 g/mol. The molecular weight excluding hydrogens is 691 g/mol. The van der Waals surface area contributed by atoms with Crippen LogP contribution in [-0.4, -0.2) is 24.1 Å². The fraction of sp³-hybridized carbons (Fsp3) is 0.0208. The maximum atomic E-state index is 9.91. The Bertz CT molecular complexity index is 3280. The highest BCUT2D eigenvalue weighted by atomic mass is 16.5. The number of benzene rings is 5. The molecule has 6 heterocycles. The molecule has 2 aliphatic rings. The van der Waals surface area contributed by atoms with Crippen molar-refractivity contribution in [3.05, 3.63) is 186 Å². The molecule has 0 fully saturated rings. The van der Waals surface area contributed by atoms with E-state index in [1.54, 1.807) is 0 Å². The predicted molar refractivity (Wildman–Crippen MR) is 215 cm³/mol. The van der Waals surface area contributed by atoms with Crippen molar-refractivity contribution in [2.24, 2.45) is 0 Å². The molecule has 12 rings (SSSR count). The summed E-state index contributed by atoms with van der Waals surface area (Å²) in [6.45, 7) is 0. The first-order chi connectivity index (χ1) is 27.7. The average molecular weight is 716 g/mol. The number of para-hydroxylation sites is 1. The van der Waals surface area contributed by atoms with Crippen LogP contribution in [0.25, 0.3) is 66.4 Å². The van der Waals surface area contributed by atoms with Crippen LogP contribution in [0.3, 0.4) is 0 Å². The van der Waals surface area contributed by atoms with Crippen LogP contribution in [0.5, 0.6) is 11.5 Å². The van der Waals surface area contributed by atoms with Gasteiger partial charge in [-0.05, 0) is 90.0 Å². The molecule has 0 bridgehead atoms. The van der Waals surface area contributed by atoms with Crippen molar-refractivity contribution in [1.82, 2.24) is 24.1 Å². The number of aromatic nitrogens is 5. The Labute approximate surface area is 319 Å². The van der Waals surface area contributed by atoms with Crippen molar-refractivity contribution >= 4 is 43.6 Å². The number of pyridine rings is 3. The first-order valence-electron chi connectivity index (χ1n) is 18.3. The molecule has 1 aliphatic carbocycles. The van der Waals surface area contributed by atoms with Gasteiger partial charge in [-0.25, -0.2) is 0 Å². The van der Waals surface area contributed by atoms with Crippen LogP contribution in [0.4, 0.5) is 0 Å². The van der Waals surface area contributed by atoms with Crippen molar-refractivity contribution in [2.45, 2.75) is 5.41 Å². The normalized spacial score (nSPS) is 13.2. The molecule has 8 nitrogen and oxygen atoms in total. The van der Waals surface area contributed by atoms with E-state index < -0.39 is 5.41 Å². The van der Waals surface area contributed by atoms with E-state index >= 15 is 0 Å². The lowest BCUT2D eigenvalue weighted by Gasteiger charge is -2.40. The standard InChI is InChI=1S/C48H25N7O/c49-25-28-12-16-39-33(22-28)34-23-29(26-50)13-17-40(34)55(39)41-10-3-11-43-45(41)48(36-7-4-19-52-46(36)47-37(48)8-5-20-53-47)35-15-14-30(24-44(35)56-43)54-38-9-2-1-6-31(38)32-18-21-51-27-42(32)54/h1-24,27H. The van der Waals surface area contributed by atoms with E-state index in [9.17, 15) is 10.5 Å². The van der Waals surface area contributed by atoms with Crippen LogP contribution in [0, 0.1) is 22.7 Å². The smallest absolute Gasteiger partial charge is 0.134 e. The summed E-state index contributed by atoms with van der Waals surface area (Å²) in [5.41, 5.74) is 11.6. The third kappa shape index (κ3) is 3.76. The average Bonchev–Trinajstić information content (AvgIpc) is 3.87. The molecule has 10 aromatic rings. The van der Waals surface area contributed by atoms with Crippen LogP contribution >= 0.6 is 0 Å². The topological polar surface area (TPSA) is 105 Å². The minimum Gasteiger partial charge on any atom is -0.457 e. The molecule has 1 aliphatic heterocycles. The second kappa shape index (κ2) is 11.0. The fourth-order valence-electron chi connectivity index (χ4n) is 9.48. The SMILES string of the molecule is N#Cc1ccc2c(c1)c1cc(C#N)ccc1n2-c1cccc2c1C1(c3ccc(-n4c5ccccc5c5ccncc54)cc3O2)c2cccnc2-c2ncccc21. The second-order valence-electron chi connectivity index (χ2n) is 14.3. The fourth-order valence-corrected chi connectivity index (χ4v) is 9.48. The van der Waals surface area contributed by atoms with Crippen LogP contribution in [0.1, 0.15) is 33.4 Å². The highest BCUT2D eigenvalue weighted by molar-refractivity contribution is 6.11. The second-order valence-corrected chi connectivity index (χ2v) is 14.3. The van der Waals surface area contributed by atoms with E-state index in [0.29, 0.717) is 16.9 Å². The van der Waals surface area contributed by atoms with Crippen molar-refractivity contribution < 1.29 is 4.74 Å². The van der Waals surface area contributed by atoms with Gasteiger partial charge in [-0.15, -0.1) is 0 Å². The lowest BCUT2D eigenvalue weighted by molar-refractivity contribution is 0.435. The lowest BCUT2D eigenvalue weighted by Crippen LogP contribution is -2.33. The number of hydrogen-bond donors (Lipinski definition) is 0. The molecule has 56 heavy (non-hydrogen) atoms. The Balaban J connectivity index is 1.20. The number of hydrogen-bond acceptors (Lipinski definition) is 6. The summed E-state index contributed by atoms with van der Waals surface area (Å²) in [6, 6.07) is 47.7.